The van der Waals surface area contributed by atoms with Crippen molar-refractivity contribution in [1.82, 2.24) is 25.4 Å². The van der Waals surface area contributed by atoms with Crippen LogP contribution in [0.4, 0.5) is 13.2 Å². The number of alkyl halides is 3. The number of amides is 1. The van der Waals surface area contributed by atoms with E-state index in [1.807, 2.05) is 28.2 Å². The number of nitrogens with zero attached hydrogens (tertiary/aromatic N) is 4. The lowest BCUT2D eigenvalue weighted by atomic mass is 9.77. The molecule has 0 radical (unpaired) electrons. The van der Waals surface area contributed by atoms with Crippen molar-refractivity contribution in [2.75, 3.05) is 18.7 Å². The van der Waals surface area contributed by atoms with Crippen LogP contribution in [0.1, 0.15) is 37.4 Å². The van der Waals surface area contributed by atoms with Crippen molar-refractivity contribution in [3.63, 3.8) is 0 Å². The van der Waals surface area contributed by atoms with Gasteiger partial charge in [0.25, 0.3) is 0 Å². The quantitative estimate of drug-likeness (QED) is 0.849. The molecule has 1 unspecified atom stereocenters. The van der Waals surface area contributed by atoms with Gasteiger partial charge in [0, 0.05) is 24.7 Å². The fourth-order valence-electron chi connectivity index (χ4n) is 4.17. The molecule has 3 heterocycles. The SMILES string of the molecule is CN1NC(C2CCC(C(=O)NCC(F)(F)F)CC2)c2c3ccnc-3ncn21. The van der Waals surface area contributed by atoms with Crippen molar-refractivity contribution in [3.8, 4) is 11.4 Å². The third-order valence-corrected chi connectivity index (χ3v) is 5.51. The summed E-state index contributed by atoms with van der Waals surface area (Å²) in [6, 6.07) is 2.00. The molecule has 7 nitrogen and oxygen atoms in total. The first-order chi connectivity index (χ1) is 12.8. The predicted molar refractivity (Wildman–Crippen MR) is 91.2 cm³/mol. The summed E-state index contributed by atoms with van der Waals surface area (Å²) in [6.07, 6.45) is 1.80. The highest BCUT2D eigenvalue weighted by Crippen LogP contribution is 2.41. The minimum atomic E-state index is -4.38. The summed E-state index contributed by atoms with van der Waals surface area (Å²) < 4.78 is 38.8. The monoisotopic (exact) mass is 382 g/mol. The number of aromatic nitrogens is 3. The zero-order valence-corrected chi connectivity index (χ0v) is 14.8. The molecule has 0 aromatic rings. The van der Waals surface area contributed by atoms with Gasteiger partial charge in [-0.1, -0.05) is 0 Å². The largest absolute Gasteiger partial charge is 0.405 e. The van der Waals surface area contributed by atoms with Crippen LogP contribution in [0.2, 0.25) is 0 Å². The Morgan fingerprint density at radius 3 is 2.74 bits per heavy atom. The Morgan fingerprint density at radius 1 is 1.30 bits per heavy atom. The smallest absolute Gasteiger partial charge is 0.347 e. The van der Waals surface area contributed by atoms with Crippen LogP contribution in [0.3, 0.4) is 0 Å². The van der Waals surface area contributed by atoms with E-state index in [-0.39, 0.29) is 17.9 Å². The summed E-state index contributed by atoms with van der Waals surface area (Å²) in [5.74, 6) is 0.133. The number of rotatable bonds is 3. The Bertz CT molecular complexity index is 798. The van der Waals surface area contributed by atoms with Crippen LogP contribution >= 0.6 is 0 Å². The van der Waals surface area contributed by atoms with Crippen molar-refractivity contribution in [1.29, 1.82) is 0 Å². The Kier molecular flexibility index (Phi) is 4.45. The maximum Gasteiger partial charge on any atom is 0.405 e. The summed E-state index contributed by atoms with van der Waals surface area (Å²) in [7, 11) is 1.91. The molecule has 0 bridgehead atoms. The lowest BCUT2D eigenvalue weighted by Crippen LogP contribution is -2.41. The summed E-state index contributed by atoms with van der Waals surface area (Å²) in [5, 5.41) is 3.89. The molecule has 27 heavy (non-hydrogen) atoms. The molecular formula is C17H21F3N6O. The second-order valence-electron chi connectivity index (χ2n) is 7.23. The fourth-order valence-corrected chi connectivity index (χ4v) is 4.17. The molecule has 0 spiro atoms. The first-order valence-corrected chi connectivity index (χ1v) is 9.00. The highest BCUT2D eigenvalue weighted by molar-refractivity contribution is 5.78. The molecule has 10 heteroatoms. The van der Waals surface area contributed by atoms with E-state index in [0.717, 1.165) is 24.1 Å². The molecule has 1 amide bonds. The van der Waals surface area contributed by atoms with Crippen LogP contribution in [-0.2, 0) is 4.79 Å². The van der Waals surface area contributed by atoms with E-state index in [2.05, 4.69) is 15.4 Å². The first-order valence-electron chi connectivity index (χ1n) is 9.00. The molecule has 4 rings (SSSR count). The molecule has 3 aliphatic heterocycles. The number of carbonyl (C=O) groups excluding carboxylic acids is 1. The summed E-state index contributed by atoms with van der Waals surface area (Å²) in [5.41, 5.74) is 5.52. The molecule has 0 aromatic heterocycles. The van der Waals surface area contributed by atoms with Gasteiger partial charge < -0.3 is 5.32 Å². The van der Waals surface area contributed by atoms with Crippen LogP contribution in [0.25, 0.3) is 11.4 Å². The Morgan fingerprint density at radius 2 is 2.04 bits per heavy atom. The summed E-state index contributed by atoms with van der Waals surface area (Å²) in [4.78, 5) is 20.6. The molecular weight excluding hydrogens is 361 g/mol. The van der Waals surface area contributed by atoms with Gasteiger partial charge in [0.2, 0.25) is 5.91 Å². The van der Waals surface area contributed by atoms with Crippen molar-refractivity contribution in [2.24, 2.45) is 11.8 Å². The van der Waals surface area contributed by atoms with Gasteiger partial charge >= 0.3 is 6.18 Å². The van der Waals surface area contributed by atoms with Crippen molar-refractivity contribution >= 4 is 5.91 Å². The maximum absolute atomic E-state index is 12.3. The average molecular weight is 382 g/mol. The third-order valence-electron chi connectivity index (χ3n) is 5.51. The third kappa shape index (κ3) is 3.45. The van der Waals surface area contributed by atoms with Crippen LogP contribution in [0.15, 0.2) is 18.6 Å². The van der Waals surface area contributed by atoms with Gasteiger partial charge in [0.05, 0.1) is 11.7 Å². The molecule has 1 atom stereocenters. The predicted octanol–water partition coefficient (Wildman–Crippen LogP) is 1.99. The molecule has 1 aliphatic carbocycles. The zero-order chi connectivity index (χ0) is 19.2. The molecule has 0 saturated heterocycles. The lowest BCUT2D eigenvalue weighted by molar-refractivity contribution is -0.141. The molecule has 1 fully saturated rings. The van der Waals surface area contributed by atoms with Crippen molar-refractivity contribution < 1.29 is 18.0 Å². The molecule has 146 valence electrons. The van der Waals surface area contributed by atoms with E-state index in [0.29, 0.717) is 18.7 Å². The van der Waals surface area contributed by atoms with Crippen LogP contribution in [0, 0.1) is 11.8 Å². The number of fused-ring (bicyclic) bond motifs is 3. The van der Waals surface area contributed by atoms with Gasteiger partial charge in [0.1, 0.15) is 12.9 Å². The number of hydrogen-bond donors (Lipinski definition) is 2. The van der Waals surface area contributed by atoms with Gasteiger partial charge in [-0.3, -0.25) is 4.79 Å². The second kappa shape index (κ2) is 6.66. The van der Waals surface area contributed by atoms with Crippen LogP contribution < -0.4 is 15.9 Å². The second-order valence-corrected chi connectivity index (χ2v) is 7.23. The number of carbonyl (C=O) groups is 1. The van der Waals surface area contributed by atoms with Crippen molar-refractivity contribution in [2.45, 2.75) is 37.9 Å². The normalized spacial score (nSPS) is 25.6. The fraction of sp³-hybridized carbons (Fsp3) is 0.588. The molecule has 4 aliphatic rings. The summed E-state index contributed by atoms with van der Waals surface area (Å²) in [6.45, 7) is -1.26. The number of hydrazine groups is 1. The summed E-state index contributed by atoms with van der Waals surface area (Å²) >= 11 is 0. The minimum Gasteiger partial charge on any atom is -0.347 e. The highest BCUT2D eigenvalue weighted by atomic mass is 19.4. The number of halogens is 3. The number of hydrogen-bond acceptors (Lipinski definition) is 5. The Balaban J connectivity index is 1.43. The topological polar surface area (TPSA) is 75.1 Å². The van der Waals surface area contributed by atoms with Crippen LogP contribution in [0.5, 0.6) is 0 Å². The maximum atomic E-state index is 12.3. The Labute approximate surface area is 154 Å². The molecule has 2 N–H and O–H groups in total. The number of nitrogens with one attached hydrogen (secondary N) is 2. The zero-order valence-electron chi connectivity index (χ0n) is 14.8. The van der Waals surface area contributed by atoms with Gasteiger partial charge in [-0.15, -0.1) is 0 Å². The van der Waals surface area contributed by atoms with E-state index in [4.69, 9.17) is 0 Å². The molecule has 0 aromatic carbocycles. The van der Waals surface area contributed by atoms with Gasteiger partial charge in [-0.25, -0.2) is 25.2 Å². The van der Waals surface area contributed by atoms with Gasteiger partial charge in [-0.05, 0) is 37.7 Å². The highest BCUT2D eigenvalue weighted by Gasteiger charge is 2.39. The minimum absolute atomic E-state index is 0.0592. The average Bonchev–Trinajstić information content (AvgIpc) is 3.23. The molecule has 1 saturated carbocycles. The van der Waals surface area contributed by atoms with E-state index in [1.165, 1.54) is 0 Å². The van der Waals surface area contributed by atoms with E-state index < -0.39 is 18.6 Å². The lowest BCUT2D eigenvalue weighted by Gasteiger charge is -2.31. The van der Waals surface area contributed by atoms with Crippen LogP contribution in [-0.4, -0.2) is 40.3 Å². The Hall–Kier alpha value is -2.36. The van der Waals surface area contributed by atoms with E-state index in [1.54, 1.807) is 12.5 Å². The standard InChI is InChI=1S/C17H21F3N6O/c1-25-24-13(14-12-6-7-21-15(12)23-9-26(14)25)10-2-4-11(5-3-10)16(27)22-8-17(18,19)20/h6-7,9-11,13,24H,2-5,8H2,1H3,(H,22,27). The van der Waals surface area contributed by atoms with E-state index >= 15 is 0 Å². The van der Waals surface area contributed by atoms with Gasteiger partial charge in [0.15, 0.2) is 5.82 Å². The van der Waals surface area contributed by atoms with Gasteiger partial charge in [-0.2, -0.15) is 13.2 Å². The van der Waals surface area contributed by atoms with Crippen molar-refractivity contribution in [3.05, 3.63) is 24.3 Å². The van der Waals surface area contributed by atoms with E-state index in [9.17, 15) is 18.0 Å². The first kappa shape index (κ1) is 18.0.